The highest BCUT2D eigenvalue weighted by Gasteiger charge is 2.01. The number of nitrogens with zero attached hydrogens (tertiary/aromatic N) is 1. The van der Waals surface area contributed by atoms with Crippen molar-refractivity contribution >= 4 is 11.1 Å². The molecular formula is C14H21N3O. The van der Waals surface area contributed by atoms with Crippen LogP contribution < -0.4 is 11.1 Å². The molecular weight excluding hydrogens is 226 g/mol. The third kappa shape index (κ3) is 3.55. The number of fused-ring (bicyclic) bond motifs is 1. The Morgan fingerprint density at radius 2 is 2.28 bits per heavy atom. The second-order valence-corrected chi connectivity index (χ2v) is 4.78. The van der Waals surface area contributed by atoms with E-state index in [4.69, 9.17) is 10.2 Å². The summed E-state index contributed by atoms with van der Waals surface area (Å²) in [6, 6.07) is 6.17. The molecule has 1 unspecified atom stereocenters. The van der Waals surface area contributed by atoms with Gasteiger partial charge >= 0.3 is 0 Å². The molecule has 0 saturated carbocycles. The molecule has 2 aromatic rings. The van der Waals surface area contributed by atoms with Gasteiger partial charge < -0.3 is 15.5 Å². The van der Waals surface area contributed by atoms with Crippen molar-refractivity contribution in [3.63, 3.8) is 0 Å². The normalized spacial score (nSPS) is 13.0. The lowest BCUT2D eigenvalue weighted by Gasteiger charge is -2.09. The lowest BCUT2D eigenvalue weighted by molar-refractivity contribution is 0.511. The molecule has 3 N–H and O–H groups in total. The van der Waals surface area contributed by atoms with E-state index in [0.717, 1.165) is 43.6 Å². The molecule has 1 heterocycles. The van der Waals surface area contributed by atoms with E-state index >= 15 is 0 Å². The van der Waals surface area contributed by atoms with Gasteiger partial charge in [0.2, 0.25) is 0 Å². The summed E-state index contributed by atoms with van der Waals surface area (Å²) in [7, 11) is 0. The van der Waals surface area contributed by atoms with Crippen LogP contribution in [0, 0.1) is 5.92 Å². The van der Waals surface area contributed by atoms with Crippen LogP contribution in [0.15, 0.2) is 29.0 Å². The third-order valence-corrected chi connectivity index (χ3v) is 3.20. The monoisotopic (exact) mass is 247 g/mol. The summed E-state index contributed by atoms with van der Waals surface area (Å²) >= 11 is 0. The Labute approximate surface area is 108 Å². The molecule has 0 aliphatic rings. The van der Waals surface area contributed by atoms with Crippen molar-refractivity contribution in [2.75, 3.05) is 19.6 Å². The van der Waals surface area contributed by atoms with Crippen LogP contribution in [0.1, 0.15) is 18.9 Å². The zero-order valence-electron chi connectivity index (χ0n) is 10.9. The van der Waals surface area contributed by atoms with Gasteiger partial charge in [0.25, 0.3) is 0 Å². The molecule has 0 saturated heterocycles. The van der Waals surface area contributed by atoms with Crippen molar-refractivity contribution in [1.82, 2.24) is 10.3 Å². The molecule has 0 aliphatic heterocycles. The molecule has 0 amide bonds. The average Bonchev–Trinajstić information content (AvgIpc) is 2.85. The topological polar surface area (TPSA) is 64.1 Å². The largest absolute Gasteiger partial charge is 0.443 e. The van der Waals surface area contributed by atoms with Gasteiger partial charge in [0.15, 0.2) is 12.0 Å². The number of rotatable bonds is 7. The number of benzene rings is 1. The zero-order valence-corrected chi connectivity index (χ0v) is 10.9. The third-order valence-electron chi connectivity index (χ3n) is 3.20. The number of nitrogens with one attached hydrogen (secondary N) is 1. The summed E-state index contributed by atoms with van der Waals surface area (Å²) in [4.78, 5) is 4.10. The summed E-state index contributed by atoms with van der Waals surface area (Å²) in [5, 5.41) is 3.44. The Kier molecular flexibility index (Phi) is 4.73. The van der Waals surface area contributed by atoms with E-state index in [1.54, 1.807) is 0 Å². The second-order valence-electron chi connectivity index (χ2n) is 4.78. The van der Waals surface area contributed by atoms with Crippen molar-refractivity contribution < 1.29 is 4.42 Å². The minimum atomic E-state index is 0.600. The van der Waals surface area contributed by atoms with Crippen molar-refractivity contribution in [2.45, 2.75) is 19.8 Å². The van der Waals surface area contributed by atoms with Crippen LogP contribution in [0.4, 0.5) is 0 Å². The van der Waals surface area contributed by atoms with E-state index in [0.29, 0.717) is 5.92 Å². The van der Waals surface area contributed by atoms with Crippen molar-refractivity contribution in [3.8, 4) is 0 Å². The summed E-state index contributed by atoms with van der Waals surface area (Å²) in [5.74, 6) is 0.600. The Morgan fingerprint density at radius 1 is 1.39 bits per heavy atom. The highest BCUT2D eigenvalue weighted by Crippen LogP contribution is 2.14. The molecule has 0 spiro atoms. The van der Waals surface area contributed by atoms with E-state index in [1.165, 1.54) is 12.0 Å². The molecule has 2 rings (SSSR count). The average molecular weight is 247 g/mol. The molecule has 0 aliphatic carbocycles. The van der Waals surface area contributed by atoms with Crippen molar-refractivity contribution in [2.24, 2.45) is 11.7 Å². The Bertz CT molecular complexity index is 481. The standard InChI is InChI=1S/C14H21N3O/c1-11(9-15)4-6-16-7-5-12-2-3-13-14(8-12)18-10-17-13/h2-3,8,10-11,16H,4-7,9,15H2,1H3. The van der Waals surface area contributed by atoms with Gasteiger partial charge in [-0.15, -0.1) is 0 Å². The van der Waals surface area contributed by atoms with E-state index in [1.807, 2.05) is 6.07 Å². The number of aromatic nitrogens is 1. The quantitative estimate of drug-likeness (QED) is 0.734. The smallest absolute Gasteiger partial charge is 0.181 e. The number of oxazole rings is 1. The highest BCUT2D eigenvalue weighted by atomic mass is 16.3. The lowest BCUT2D eigenvalue weighted by Crippen LogP contribution is -2.22. The molecule has 1 aromatic carbocycles. The fourth-order valence-electron chi connectivity index (χ4n) is 1.88. The molecule has 0 fully saturated rings. The van der Waals surface area contributed by atoms with Crippen molar-refractivity contribution in [1.29, 1.82) is 0 Å². The van der Waals surface area contributed by atoms with Crippen LogP contribution in [-0.4, -0.2) is 24.6 Å². The second kappa shape index (κ2) is 6.52. The molecule has 0 radical (unpaired) electrons. The summed E-state index contributed by atoms with van der Waals surface area (Å²) in [5.41, 5.74) is 8.64. The highest BCUT2D eigenvalue weighted by molar-refractivity contribution is 5.72. The van der Waals surface area contributed by atoms with Crippen LogP contribution in [0.2, 0.25) is 0 Å². The predicted octanol–water partition coefficient (Wildman–Crippen LogP) is 1.94. The van der Waals surface area contributed by atoms with Crippen molar-refractivity contribution in [3.05, 3.63) is 30.2 Å². The summed E-state index contributed by atoms with van der Waals surface area (Å²) < 4.78 is 5.29. The van der Waals surface area contributed by atoms with Crippen LogP contribution in [-0.2, 0) is 6.42 Å². The maximum atomic E-state index is 5.58. The molecule has 1 aromatic heterocycles. The van der Waals surface area contributed by atoms with Gasteiger partial charge in [0, 0.05) is 0 Å². The number of hydrogen-bond acceptors (Lipinski definition) is 4. The molecule has 98 valence electrons. The summed E-state index contributed by atoms with van der Waals surface area (Å²) in [6.45, 7) is 4.96. The first-order chi connectivity index (χ1) is 8.79. The lowest BCUT2D eigenvalue weighted by atomic mass is 10.1. The number of nitrogens with two attached hydrogens (primary N) is 1. The van der Waals surface area contributed by atoms with Crippen LogP contribution in [0.25, 0.3) is 11.1 Å². The SMILES string of the molecule is CC(CN)CCNCCc1ccc2ncoc2c1. The van der Waals surface area contributed by atoms with Gasteiger partial charge in [0.05, 0.1) is 0 Å². The molecule has 4 heteroatoms. The van der Waals surface area contributed by atoms with Gasteiger partial charge in [0.1, 0.15) is 5.52 Å². The molecule has 18 heavy (non-hydrogen) atoms. The first-order valence-electron chi connectivity index (χ1n) is 6.52. The van der Waals surface area contributed by atoms with Gasteiger partial charge in [-0.3, -0.25) is 0 Å². The minimum absolute atomic E-state index is 0.600. The fraction of sp³-hybridized carbons (Fsp3) is 0.500. The Morgan fingerprint density at radius 3 is 3.11 bits per heavy atom. The predicted molar refractivity (Wildman–Crippen MR) is 73.4 cm³/mol. The van der Waals surface area contributed by atoms with Crippen LogP contribution >= 0.6 is 0 Å². The van der Waals surface area contributed by atoms with E-state index in [9.17, 15) is 0 Å². The minimum Gasteiger partial charge on any atom is -0.443 e. The van der Waals surface area contributed by atoms with Crippen LogP contribution in [0.3, 0.4) is 0 Å². The van der Waals surface area contributed by atoms with E-state index < -0.39 is 0 Å². The molecule has 1 atom stereocenters. The van der Waals surface area contributed by atoms with Crippen LogP contribution in [0.5, 0.6) is 0 Å². The Hall–Kier alpha value is -1.39. The maximum absolute atomic E-state index is 5.58. The molecule has 0 bridgehead atoms. The van der Waals surface area contributed by atoms with E-state index in [2.05, 4.69) is 29.4 Å². The first-order valence-corrected chi connectivity index (χ1v) is 6.52. The fourth-order valence-corrected chi connectivity index (χ4v) is 1.88. The summed E-state index contributed by atoms with van der Waals surface area (Å²) in [6.07, 6.45) is 3.63. The van der Waals surface area contributed by atoms with Gasteiger partial charge in [-0.2, -0.15) is 0 Å². The van der Waals surface area contributed by atoms with Gasteiger partial charge in [-0.25, -0.2) is 4.98 Å². The van der Waals surface area contributed by atoms with Gasteiger partial charge in [-0.05, 0) is 56.1 Å². The van der Waals surface area contributed by atoms with Gasteiger partial charge in [-0.1, -0.05) is 13.0 Å². The first kappa shape index (κ1) is 13.1. The maximum Gasteiger partial charge on any atom is 0.181 e. The Balaban J connectivity index is 1.73. The molecule has 4 nitrogen and oxygen atoms in total. The zero-order chi connectivity index (χ0) is 12.8. The van der Waals surface area contributed by atoms with E-state index in [-0.39, 0.29) is 0 Å². The number of hydrogen-bond donors (Lipinski definition) is 2.